The Bertz CT molecular complexity index is 895. The molecule has 0 saturated heterocycles. The first-order valence-electron chi connectivity index (χ1n) is 8.76. The summed E-state index contributed by atoms with van der Waals surface area (Å²) in [7, 11) is 0. The molecule has 0 amide bonds. The van der Waals surface area contributed by atoms with Crippen LogP contribution in [0.4, 0.5) is 13.2 Å². The summed E-state index contributed by atoms with van der Waals surface area (Å²) in [6.07, 6.45) is 1.24. The Morgan fingerprint density at radius 2 is 1.54 bits per heavy atom. The van der Waals surface area contributed by atoms with Gasteiger partial charge in [0.15, 0.2) is 17.4 Å². The van der Waals surface area contributed by atoms with Gasteiger partial charge < -0.3 is 4.74 Å². The Hall–Kier alpha value is -2.49. The van der Waals surface area contributed by atoms with E-state index >= 15 is 0 Å². The van der Waals surface area contributed by atoms with Gasteiger partial charge in [-0.05, 0) is 73.2 Å². The number of rotatable bonds is 6. The number of aryl methyl sites for hydroxylation is 2. The summed E-state index contributed by atoms with van der Waals surface area (Å²) < 4.78 is 47.5. The molecule has 3 aromatic carbocycles. The minimum atomic E-state index is -0.704. The summed E-state index contributed by atoms with van der Waals surface area (Å²) in [5.41, 5.74) is 1.18. The van der Waals surface area contributed by atoms with E-state index in [-0.39, 0.29) is 17.7 Å². The molecule has 136 valence electrons. The zero-order valence-corrected chi connectivity index (χ0v) is 14.9. The van der Waals surface area contributed by atoms with Crippen LogP contribution in [0, 0.1) is 17.5 Å². The standard InChI is InChI=1S/C22H21F3O/c1-14(2)26-22-20(24)12-15(13-21(22)25)6-5-9-18-17-8-4-3-7-16(17)10-11-19(18)23/h3-4,7-8,10-14H,5-6,9H2,1-2H3. The molecule has 0 aliphatic rings. The topological polar surface area (TPSA) is 9.23 Å². The molecule has 0 aromatic heterocycles. The maximum atomic E-state index is 14.2. The average molecular weight is 358 g/mol. The smallest absolute Gasteiger partial charge is 0.191 e. The third-order valence-electron chi connectivity index (χ3n) is 4.29. The lowest BCUT2D eigenvalue weighted by molar-refractivity contribution is 0.219. The van der Waals surface area contributed by atoms with Crippen LogP contribution in [0.2, 0.25) is 0 Å². The molecule has 3 rings (SSSR count). The Morgan fingerprint density at radius 1 is 0.846 bits per heavy atom. The SMILES string of the molecule is CC(C)Oc1c(F)cc(CCCc2c(F)ccc3ccccc23)cc1F. The lowest BCUT2D eigenvalue weighted by Crippen LogP contribution is -2.09. The molecule has 26 heavy (non-hydrogen) atoms. The largest absolute Gasteiger partial charge is 0.485 e. The van der Waals surface area contributed by atoms with Crippen LogP contribution >= 0.6 is 0 Å². The molecule has 0 heterocycles. The van der Waals surface area contributed by atoms with Gasteiger partial charge in [0.25, 0.3) is 0 Å². The van der Waals surface area contributed by atoms with Gasteiger partial charge in [-0.3, -0.25) is 0 Å². The van der Waals surface area contributed by atoms with E-state index in [0.717, 1.165) is 10.8 Å². The molecule has 0 bridgehead atoms. The summed E-state index contributed by atoms with van der Waals surface area (Å²) in [6.45, 7) is 3.43. The molecule has 0 saturated carbocycles. The van der Waals surface area contributed by atoms with Crippen molar-refractivity contribution in [1.29, 1.82) is 0 Å². The van der Waals surface area contributed by atoms with E-state index in [1.54, 1.807) is 19.9 Å². The van der Waals surface area contributed by atoms with E-state index in [1.165, 1.54) is 18.2 Å². The number of halogens is 3. The van der Waals surface area contributed by atoms with Crippen LogP contribution < -0.4 is 4.74 Å². The third kappa shape index (κ3) is 4.01. The van der Waals surface area contributed by atoms with Gasteiger partial charge in [0.1, 0.15) is 5.82 Å². The molecule has 0 radical (unpaired) electrons. The van der Waals surface area contributed by atoms with Crippen LogP contribution in [0.3, 0.4) is 0 Å². The summed E-state index contributed by atoms with van der Waals surface area (Å²) in [5.74, 6) is -2.00. The summed E-state index contributed by atoms with van der Waals surface area (Å²) in [6, 6.07) is 13.4. The average Bonchev–Trinajstić information content (AvgIpc) is 2.60. The van der Waals surface area contributed by atoms with Gasteiger partial charge in [0, 0.05) is 0 Å². The Labute approximate surface area is 151 Å². The van der Waals surface area contributed by atoms with Crippen molar-refractivity contribution in [2.75, 3.05) is 0 Å². The number of hydrogen-bond donors (Lipinski definition) is 0. The van der Waals surface area contributed by atoms with Gasteiger partial charge in [0.05, 0.1) is 6.10 Å². The minimum absolute atomic E-state index is 0.248. The van der Waals surface area contributed by atoms with Crippen LogP contribution in [-0.2, 0) is 12.8 Å². The Kier molecular flexibility index (Phi) is 5.50. The first-order valence-corrected chi connectivity index (χ1v) is 8.76. The third-order valence-corrected chi connectivity index (χ3v) is 4.29. The number of fused-ring (bicyclic) bond motifs is 1. The van der Waals surface area contributed by atoms with Crippen LogP contribution in [0.1, 0.15) is 31.4 Å². The molecule has 3 aromatic rings. The highest BCUT2D eigenvalue weighted by Gasteiger charge is 2.14. The van der Waals surface area contributed by atoms with E-state index < -0.39 is 11.6 Å². The van der Waals surface area contributed by atoms with Crippen molar-refractivity contribution >= 4 is 10.8 Å². The summed E-state index contributed by atoms with van der Waals surface area (Å²) >= 11 is 0. The van der Waals surface area contributed by atoms with E-state index in [2.05, 4.69) is 0 Å². The van der Waals surface area contributed by atoms with Crippen LogP contribution in [-0.4, -0.2) is 6.10 Å². The maximum Gasteiger partial charge on any atom is 0.191 e. The molecule has 0 aliphatic carbocycles. The zero-order chi connectivity index (χ0) is 18.7. The van der Waals surface area contributed by atoms with E-state index in [9.17, 15) is 13.2 Å². The molecule has 0 spiro atoms. The predicted octanol–water partition coefficient (Wildman–Crippen LogP) is 6.22. The Balaban J connectivity index is 1.74. The van der Waals surface area contributed by atoms with Gasteiger partial charge >= 0.3 is 0 Å². The first-order chi connectivity index (χ1) is 12.5. The first kappa shape index (κ1) is 18.3. The van der Waals surface area contributed by atoms with Crippen LogP contribution in [0.5, 0.6) is 5.75 Å². The van der Waals surface area contributed by atoms with Crippen molar-refractivity contribution in [1.82, 2.24) is 0 Å². The number of hydrogen-bond acceptors (Lipinski definition) is 1. The van der Waals surface area contributed by atoms with Crippen molar-refractivity contribution in [2.45, 2.75) is 39.2 Å². The van der Waals surface area contributed by atoms with Crippen molar-refractivity contribution in [3.05, 3.63) is 77.1 Å². The summed E-state index contributed by atoms with van der Waals surface area (Å²) in [4.78, 5) is 0. The molecule has 0 atom stereocenters. The fraction of sp³-hybridized carbons (Fsp3) is 0.273. The molecule has 0 fully saturated rings. The molecule has 0 unspecified atom stereocenters. The molecular weight excluding hydrogens is 337 g/mol. The normalized spacial score (nSPS) is 11.3. The van der Waals surface area contributed by atoms with Crippen molar-refractivity contribution in [3.63, 3.8) is 0 Å². The van der Waals surface area contributed by atoms with Crippen molar-refractivity contribution in [2.24, 2.45) is 0 Å². The molecule has 1 nitrogen and oxygen atoms in total. The highest BCUT2D eigenvalue weighted by molar-refractivity contribution is 5.85. The molecular formula is C22H21F3O. The molecule has 0 N–H and O–H groups in total. The lowest BCUT2D eigenvalue weighted by atomic mass is 9.98. The quantitative estimate of drug-likeness (QED) is 0.508. The zero-order valence-electron chi connectivity index (χ0n) is 14.9. The highest BCUT2D eigenvalue weighted by atomic mass is 19.1. The second kappa shape index (κ2) is 7.81. The van der Waals surface area contributed by atoms with E-state index in [1.807, 2.05) is 24.3 Å². The fourth-order valence-electron chi connectivity index (χ4n) is 3.14. The Morgan fingerprint density at radius 3 is 2.23 bits per heavy atom. The lowest BCUT2D eigenvalue weighted by Gasteiger charge is -2.13. The van der Waals surface area contributed by atoms with Gasteiger partial charge in [0.2, 0.25) is 0 Å². The van der Waals surface area contributed by atoms with E-state index in [0.29, 0.717) is 30.4 Å². The van der Waals surface area contributed by atoms with Gasteiger partial charge in [-0.2, -0.15) is 0 Å². The second-order valence-electron chi connectivity index (χ2n) is 6.66. The van der Waals surface area contributed by atoms with Crippen LogP contribution in [0.15, 0.2) is 48.5 Å². The monoisotopic (exact) mass is 358 g/mol. The van der Waals surface area contributed by atoms with Crippen LogP contribution in [0.25, 0.3) is 10.8 Å². The van der Waals surface area contributed by atoms with Gasteiger partial charge in [-0.15, -0.1) is 0 Å². The van der Waals surface area contributed by atoms with Gasteiger partial charge in [-0.25, -0.2) is 13.2 Å². The van der Waals surface area contributed by atoms with Gasteiger partial charge in [-0.1, -0.05) is 30.3 Å². The van der Waals surface area contributed by atoms with E-state index in [4.69, 9.17) is 4.74 Å². The minimum Gasteiger partial charge on any atom is -0.485 e. The number of benzene rings is 3. The highest BCUT2D eigenvalue weighted by Crippen LogP contribution is 2.26. The molecule has 4 heteroatoms. The fourth-order valence-corrected chi connectivity index (χ4v) is 3.14. The summed E-state index contributed by atoms with van der Waals surface area (Å²) in [5, 5.41) is 1.86. The maximum absolute atomic E-state index is 14.2. The predicted molar refractivity (Wildman–Crippen MR) is 98.1 cm³/mol. The van der Waals surface area contributed by atoms with Crippen molar-refractivity contribution in [3.8, 4) is 5.75 Å². The van der Waals surface area contributed by atoms with Crippen molar-refractivity contribution < 1.29 is 17.9 Å². The number of ether oxygens (including phenoxy) is 1. The second-order valence-corrected chi connectivity index (χ2v) is 6.66. The molecule has 0 aliphatic heterocycles.